The lowest BCUT2D eigenvalue weighted by molar-refractivity contribution is -0.271. The number of hydrogen-bond acceptors (Lipinski definition) is 6. The number of carboxylic acid groups (broad SMARTS) is 1. The minimum Gasteiger partial charge on any atom is -0.496 e. The third-order valence-electron chi connectivity index (χ3n) is 4.62. The largest absolute Gasteiger partial charge is 0.496 e. The number of unbranched alkanes of at least 4 members (excludes halogenated alkanes) is 1. The first-order chi connectivity index (χ1) is 12.9. The Morgan fingerprint density at radius 3 is 2.67 bits per heavy atom. The molecule has 2 N–H and O–H groups in total. The van der Waals surface area contributed by atoms with E-state index >= 15 is 0 Å². The fourth-order valence-electron chi connectivity index (χ4n) is 2.80. The Hall–Kier alpha value is -2.09. The minimum absolute atomic E-state index is 0.211. The van der Waals surface area contributed by atoms with E-state index in [0.717, 1.165) is 36.1 Å². The first-order valence-corrected chi connectivity index (χ1v) is 9.08. The summed E-state index contributed by atoms with van der Waals surface area (Å²) in [6, 6.07) is 5.82. The number of hydrogen-bond donors (Lipinski definition) is 2. The van der Waals surface area contributed by atoms with E-state index in [1.54, 1.807) is 7.11 Å². The van der Waals surface area contributed by atoms with Crippen molar-refractivity contribution in [3.63, 3.8) is 0 Å². The summed E-state index contributed by atoms with van der Waals surface area (Å²) in [7, 11) is 1.65. The molecule has 0 bridgehead atoms. The van der Waals surface area contributed by atoms with Crippen LogP contribution in [0.3, 0.4) is 0 Å². The van der Waals surface area contributed by atoms with Gasteiger partial charge in [-0.05, 0) is 49.1 Å². The molecule has 0 saturated carbocycles. The van der Waals surface area contributed by atoms with Crippen molar-refractivity contribution >= 4 is 11.7 Å². The molecular weight excluding hydrogens is 350 g/mol. The molecule has 0 aliphatic carbocycles. The number of rotatable bonds is 10. The van der Waals surface area contributed by atoms with E-state index in [-0.39, 0.29) is 5.92 Å². The molecule has 0 aromatic heterocycles. The quantitative estimate of drug-likeness (QED) is 0.477. The van der Waals surface area contributed by atoms with Gasteiger partial charge in [-0.25, -0.2) is 4.79 Å². The predicted molar refractivity (Wildman–Crippen MR) is 101 cm³/mol. The molecule has 1 saturated heterocycles. The summed E-state index contributed by atoms with van der Waals surface area (Å²) >= 11 is 0. The molecule has 0 atom stereocenters. The van der Waals surface area contributed by atoms with Crippen LogP contribution in [-0.2, 0) is 19.1 Å². The van der Waals surface area contributed by atoms with Gasteiger partial charge in [0.1, 0.15) is 5.75 Å². The summed E-state index contributed by atoms with van der Waals surface area (Å²) in [4.78, 5) is 16.5. The highest BCUT2D eigenvalue weighted by atomic mass is 16.7. The molecule has 1 aromatic carbocycles. The van der Waals surface area contributed by atoms with E-state index in [9.17, 15) is 4.79 Å². The van der Waals surface area contributed by atoms with Gasteiger partial charge in [-0.3, -0.25) is 10.3 Å². The molecule has 0 spiro atoms. The summed E-state index contributed by atoms with van der Waals surface area (Å²) in [6.45, 7) is 8.74. The highest BCUT2D eigenvalue weighted by Crippen LogP contribution is 2.24. The second kappa shape index (κ2) is 9.73. The van der Waals surface area contributed by atoms with Crippen LogP contribution in [0.15, 0.2) is 24.8 Å². The van der Waals surface area contributed by atoms with E-state index in [1.807, 2.05) is 25.1 Å². The van der Waals surface area contributed by atoms with Crippen molar-refractivity contribution in [3.8, 4) is 5.75 Å². The third kappa shape index (κ3) is 5.95. The number of aryl methyl sites for hydroxylation is 1. The predicted octanol–water partition coefficient (Wildman–Crippen LogP) is 3.13. The van der Waals surface area contributed by atoms with Gasteiger partial charge in [0.15, 0.2) is 0 Å². The smallest absolute Gasteiger partial charge is 0.364 e. The number of benzene rings is 1. The maximum atomic E-state index is 11.0. The van der Waals surface area contributed by atoms with Crippen molar-refractivity contribution < 1.29 is 28.9 Å². The lowest BCUT2D eigenvalue weighted by Gasteiger charge is -2.34. The average Bonchev–Trinajstić information content (AvgIpc) is 2.65. The zero-order valence-corrected chi connectivity index (χ0v) is 16.2. The van der Waals surface area contributed by atoms with Gasteiger partial charge in [-0.2, -0.15) is 0 Å². The Morgan fingerprint density at radius 1 is 1.37 bits per heavy atom. The number of nitrogens with one attached hydrogen (secondary N) is 1. The molecular formula is C20H29NO6. The molecule has 27 heavy (non-hydrogen) atoms. The number of hydroxylamine groups is 1. The second-order valence-electron chi connectivity index (χ2n) is 6.85. The molecule has 1 heterocycles. The van der Waals surface area contributed by atoms with E-state index in [2.05, 4.69) is 12.1 Å². The van der Waals surface area contributed by atoms with Crippen LogP contribution in [0.1, 0.15) is 37.3 Å². The van der Waals surface area contributed by atoms with Gasteiger partial charge in [0.2, 0.25) is 0 Å². The summed E-state index contributed by atoms with van der Waals surface area (Å²) in [5.41, 5.74) is 5.56. The van der Waals surface area contributed by atoms with Crippen LogP contribution in [0.4, 0.5) is 0 Å². The van der Waals surface area contributed by atoms with Crippen molar-refractivity contribution in [1.29, 1.82) is 0 Å². The number of ether oxygens (including phenoxy) is 3. The van der Waals surface area contributed by atoms with Crippen LogP contribution in [0.5, 0.6) is 5.75 Å². The van der Waals surface area contributed by atoms with Gasteiger partial charge in [0, 0.05) is 12.8 Å². The van der Waals surface area contributed by atoms with Crippen LogP contribution in [0.2, 0.25) is 0 Å². The Kier molecular flexibility index (Phi) is 7.65. The maximum absolute atomic E-state index is 11.0. The number of carbonyl (C=O) groups is 1. The maximum Gasteiger partial charge on any atom is 0.364 e. The van der Waals surface area contributed by atoms with Gasteiger partial charge in [-0.1, -0.05) is 13.0 Å². The average molecular weight is 379 g/mol. The number of carboxylic acids is 1. The van der Waals surface area contributed by atoms with Crippen LogP contribution >= 0.6 is 0 Å². The Balaban J connectivity index is 1.59. The van der Waals surface area contributed by atoms with Gasteiger partial charge in [0.25, 0.3) is 5.79 Å². The van der Waals surface area contributed by atoms with Crippen LogP contribution in [-0.4, -0.2) is 43.8 Å². The normalized spacial score (nSPS) is 22.3. The van der Waals surface area contributed by atoms with Gasteiger partial charge < -0.3 is 19.3 Å². The molecule has 1 fully saturated rings. The van der Waals surface area contributed by atoms with Crippen LogP contribution in [0.25, 0.3) is 5.70 Å². The molecule has 1 aliphatic heterocycles. The summed E-state index contributed by atoms with van der Waals surface area (Å²) in [6.07, 6.45) is 2.71. The van der Waals surface area contributed by atoms with E-state index in [4.69, 9.17) is 24.2 Å². The topological polar surface area (TPSA) is 86.3 Å². The van der Waals surface area contributed by atoms with Gasteiger partial charge >= 0.3 is 5.97 Å². The fraction of sp³-hybridized carbons (Fsp3) is 0.550. The molecule has 0 amide bonds. The second-order valence-corrected chi connectivity index (χ2v) is 6.85. The van der Waals surface area contributed by atoms with Crippen molar-refractivity contribution in [2.75, 3.05) is 26.9 Å². The Morgan fingerprint density at radius 2 is 2.07 bits per heavy atom. The third-order valence-corrected chi connectivity index (χ3v) is 4.62. The SMILES string of the molecule is C=C(NOCCCCC1COC(C)(C(=O)O)OC1)c1ccc(OC)c(C)c1. The summed E-state index contributed by atoms with van der Waals surface area (Å²) < 4.78 is 15.9. The standard InChI is InChI=1S/C20H29NO6/c1-14-11-17(8-9-18(14)24-4)15(2)21-27-10-6-5-7-16-12-25-20(3,19(22)23)26-13-16/h8-9,11,16,21H,2,5-7,10,12-13H2,1,3-4H3,(H,22,23). The van der Waals surface area contributed by atoms with E-state index < -0.39 is 11.8 Å². The zero-order valence-electron chi connectivity index (χ0n) is 16.2. The summed E-state index contributed by atoms with van der Waals surface area (Å²) in [5, 5.41) is 9.04. The van der Waals surface area contributed by atoms with Crippen molar-refractivity contribution in [2.45, 2.75) is 38.9 Å². The lowest BCUT2D eigenvalue weighted by atomic mass is 10.0. The van der Waals surface area contributed by atoms with Gasteiger partial charge in [0.05, 0.1) is 32.6 Å². The van der Waals surface area contributed by atoms with E-state index in [1.165, 1.54) is 6.92 Å². The lowest BCUT2D eigenvalue weighted by Crippen LogP contribution is -2.47. The van der Waals surface area contributed by atoms with Gasteiger partial charge in [-0.15, -0.1) is 0 Å². The van der Waals surface area contributed by atoms with Crippen molar-refractivity contribution in [2.24, 2.45) is 5.92 Å². The highest BCUT2D eigenvalue weighted by Gasteiger charge is 2.40. The monoisotopic (exact) mass is 379 g/mol. The fourth-order valence-corrected chi connectivity index (χ4v) is 2.80. The Bertz CT molecular complexity index is 652. The first-order valence-electron chi connectivity index (χ1n) is 9.08. The zero-order chi connectivity index (χ0) is 19.9. The number of methoxy groups -OCH3 is 1. The van der Waals surface area contributed by atoms with E-state index in [0.29, 0.717) is 25.5 Å². The first kappa shape index (κ1) is 21.2. The highest BCUT2D eigenvalue weighted by molar-refractivity contribution is 5.75. The molecule has 0 radical (unpaired) electrons. The van der Waals surface area contributed by atoms with Crippen LogP contribution < -0.4 is 10.2 Å². The Labute approximate surface area is 160 Å². The van der Waals surface area contributed by atoms with Crippen molar-refractivity contribution in [1.82, 2.24) is 5.48 Å². The molecule has 7 nitrogen and oxygen atoms in total. The molecule has 7 heteroatoms. The number of aliphatic carboxylic acids is 1. The molecule has 0 unspecified atom stereocenters. The summed E-state index contributed by atoms with van der Waals surface area (Å²) in [5.74, 6) is -1.55. The van der Waals surface area contributed by atoms with Crippen molar-refractivity contribution in [3.05, 3.63) is 35.9 Å². The molecule has 1 aromatic rings. The molecule has 2 rings (SSSR count). The molecule has 150 valence electrons. The van der Waals surface area contributed by atoms with Crippen LogP contribution in [0, 0.1) is 12.8 Å². The molecule has 1 aliphatic rings. The minimum atomic E-state index is -1.51.